The lowest BCUT2D eigenvalue weighted by Gasteiger charge is -2.32. The van der Waals surface area contributed by atoms with E-state index in [2.05, 4.69) is 61.2 Å². The van der Waals surface area contributed by atoms with Gasteiger partial charge in [-0.3, -0.25) is 9.59 Å². The first-order valence-electron chi connectivity index (χ1n) is 15.8. The number of hydrogen-bond acceptors (Lipinski definition) is 5. The Kier molecular flexibility index (Phi) is 9.65. The van der Waals surface area contributed by atoms with E-state index in [4.69, 9.17) is 9.72 Å². The van der Waals surface area contributed by atoms with Crippen LogP contribution in [0.15, 0.2) is 35.7 Å². The van der Waals surface area contributed by atoms with Crippen LogP contribution in [-0.4, -0.2) is 39.5 Å². The van der Waals surface area contributed by atoms with Gasteiger partial charge in [-0.2, -0.15) is 0 Å². The second-order valence-electron chi connectivity index (χ2n) is 12.7. The summed E-state index contributed by atoms with van der Waals surface area (Å²) in [5, 5.41) is 5.37. The van der Waals surface area contributed by atoms with Crippen LogP contribution in [0.1, 0.15) is 119 Å². The Balaban J connectivity index is 1.32. The second kappa shape index (κ2) is 13.2. The number of hydrogen-bond donors (Lipinski definition) is 1. The summed E-state index contributed by atoms with van der Waals surface area (Å²) in [5.41, 5.74) is 2.53. The SMILES string of the molecule is CCC(CC)n1c(Cc2cccs2)nc2cc(C(=O)C[C@@H](CC(C)C)C(=O)NC3COC4(CCCCC4)C3)ccc21. The fourth-order valence-electron chi connectivity index (χ4n) is 7.07. The second-order valence-corrected chi connectivity index (χ2v) is 13.8. The number of carbonyl (C=O) groups is 2. The van der Waals surface area contributed by atoms with Gasteiger partial charge in [-0.25, -0.2) is 4.98 Å². The van der Waals surface area contributed by atoms with Gasteiger partial charge in [-0.05, 0) is 74.1 Å². The van der Waals surface area contributed by atoms with Crippen molar-refractivity contribution in [1.82, 2.24) is 14.9 Å². The number of fused-ring (bicyclic) bond motifs is 1. The van der Waals surface area contributed by atoms with E-state index in [0.717, 1.165) is 55.4 Å². The van der Waals surface area contributed by atoms with Gasteiger partial charge in [0.1, 0.15) is 5.82 Å². The number of Topliss-reactive ketones (excluding diaryl/α,β-unsaturated/α-hetero) is 1. The molecule has 1 saturated carbocycles. The molecule has 1 amide bonds. The molecular formula is C34H47N3O3S. The number of nitrogens with one attached hydrogen (secondary N) is 1. The Hall–Kier alpha value is -2.51. The van der Waals surface area contributed by atoms with Gasteiger partial charge in [0.25, 0.3) is 0 Å². The van der Waals surface area contributed by atoms with E-state index >= 15 is 0 Å². The lowest BCUT2D eigenvalue weighted by Crippen LogP contribution is -2.41. The molecule has 1 unspecified atom stereocenters. The molecule has 5 rings (SSSR count). The van der Waals surface area contributed by atoms with Gasteiger partial charge in [0.15, 0.2) is 5.78 Å². The van der Waals surface area contributed by atoms with E-state index in [9.17, 15) is 9.59 Å². The van der Waals surface area contributed by atoms with Crippen LogP contribution in [0.3, 0.4) is 0 Å². The van der Waals surface area contributed by atoms with Crippen molar-refractivity contribution in [3.8, 4) is 0 Å². The van der Waals surface area contributed by atoms with E-state index in [1.165, 1.54) is 24.1 Å². The van der Waals surface area contributed by atoms with E-state index in [1.54, 1.807) is 11.3 Å². The van der Waals surface area contributed by atoms with Gasteiger partial charge < -0.3 is 14.6 Å². The molecule has 1 N–H and O–H groups in total. The van der Waals surface area contributed by atoms with Gasteiger partial charge in [0.2, 0.25) is 5.91 Å². The molecule has 1 aliphatic heterocycles. The summed E-state index contributed by atoms with van der Waals surface area (Å²) in [6, 6.07) is 10.6. The van der Waals surface area contributed by atoms with E-state index in [1.807, 2.05) is 12.1 Å². The summed E-state index contributed by atoms with van der Waals surface area (Å²) in [5.74, 6) is 1.02. The summed E-state index contributed by atoms with van der Waals surface area (Å²) < 4.78 is 8.61. The minimum absolute atomic E-state index is 0.00849. The fraction of sp³-hybridized carbons (Fsp3) is 0.618. The van der Waals surface area contributed by atoms with Crippen molar-refractivity contribution >= 4 is 34.1 Å². The third-order valence-electron chi connectivity index (χ3n) is 9.18. The van der Waals surface area contributed by atoms with Gasteiger partial charge in [-0.1, -0.05) is 53.0 Å². The summed E-state index contributed by atoms with van der Waals surface area (Å²) in [6.07, 6.45) is 10.5. The summed E-state index contributed by atoms with van der Waals surface area (Å²) >= 11 is 1.75. The lowest BCUT2D eigenvalue weighted by molar-refractivity contribution is -0.126. The maximum atomic E-state index is 13.6. The number of imidazole rings is 1. The molecule has 2 atom stereocenters. The van der Waals surface area contributed by atoms with E-state index in [0.29, 0.717) is 30.6 Å². The van der Waals surface area contributed by atoms with Gasteiger partial charge >= 0.3 is 0 Å². The monoisotopic (exact) mass is 577 g/mol. The van der Waals surface area contributed by atoms with E-state index in [-0.39, 0.29) is 35.7 Å². The van der Waals surface area contributed by atoms with Crippen molar-refractivity contribution in [2.45, 2.75) is 116 Å². The average Bonchev–Trinajstić information content (AvgIpc) is 3.69. The first-order chi connectivity index (χ1) is 19.8. The molecule has 0 radical (unpaired) electrons. The molecule has 1 saturated heterocycles. The highest BCUT2D eigenvalue weighted by Gasteiger charge is 2.42. The third-order valence-corrected chi connectivity index (χ3v) is 10.1. The van der Waals surface area contributed by atoms with Crippen molar-refractivity contribution in [3.05, 3.63) is 52.0 Å². The molecule has 1 aromatic carbocycles. The van der Waals surface area contributed by atoms with Crippen LogP contribution in [0.25, 0.3) is 11.0 Å². The minimum Gasteiger partial charge on any atom is -0.373 e. The molecule has 2 aromatic heterocycles. The molecule has 6 nitrogen and oxygen atoms in total. The van der Waals surface area contributed by atoms with Gasteiger partial charge in [0.05, 0.1) is 29.3 Å². The van der Waals surface area contributed by atoms with Crippen LogP contribution in [0, 0.1) is 11.8 Å². The quantitative estimate of drug-likeness (QED) is 0.222. The molecular weight excluding hydrogens is 530 g/mol. The van der Waals surface area contributed by atoms with Crippen molar-refractivity contribution < 1.29 is 14.3 Å². The highest BCUT2D eigenvalue weighted by Crippen LogP contribution is 2.39. The van der Waals surface area contributed by atoms with Crippen LogP contribution in [0.4, 0.5) is 0 Å². The molecule has 7 heteroatoms. The number of benzene rings is 1. The van der Waals surface area contributed by atoms with Gasteiger partial charge in [0, 0.05) is 35.2 Å². The predicted molar refractivity (Wildman–Crippen MR) is 167 cm³/mol. The zero-order chi connectivity index (χ0) is 29.0. The third kappa shape index (κ3) is 6.94. The van der Waals surface area contributed by atoms with Crippen LogP contribution in [-0.2, 0) is 16.0 Å². The number of carbonyl (C=O) groups excluding carboxylic acids is 2. The topological polar surface area (TPSA) is 73.2 Å². The van der Waals surface area contributed by atoms with Crippen LogP contribution in [0.5, 0.6) is 0 Å². The maximum Gasteiger partial charge on any atom is 0.223 e. The number of nitrogens with zero attached hydrogens (tertiary/aromatic N) is 2. The zero-order valence-electron chi connectivity index (χ0n) is 25.3. The molecule has 1 aliphatic carbocycles. The molecule has 222 valence electrons. The fourth-order valence-corrected chi connectivity index (χ4v) is 7.77. The first-order valence-corrected chi connectivity index (χ1v) is 16.7. The Labute approximate surface area is 249 Å². The maximum absolute atomic E-state index is 13.6. The number of amides is 1. The first kappa shape index (κ1) is 30.0. The molecule has 1 spiro atoms. The number of thiophene rings is 1. The molecule has 2 aliphatic rings. The van der Waals surface area contributed by atoms with Crippen molar-refractivity contribution in [2.24, 2.45) is 11.8 Å². The molecule has 3 heterocycles. The van der Waals surface area contributed by atoms with Crippen LogP contribution in [0.2, 0.25) is 0 Å². The Morgan fingerprint density at radius 2 is 1.93 bits per heavy atom. The predicted octanol–water partition coefficient (Wildman–Crippen LogP) is 7.89. The van der Waals surface area contributed by atoms with Gasteiger partial charge in [-0.15, -0.1) is 11.3 Å². The molecule has 0 bridgehead atoms. The minimum atomic E-state index is -0.349. The van der Waals surface area contributed by atoms with Crippen LogP contribution < -0.4 is 5.32 Å². The highest BCUT2D eigenvalue weighted by molar-refractivity contribution is 7.09. The summed E-state index contributed by atoms with van der Waals surface area (Å²) in [4.78, 5) is 33.4. The van der Waals surface area contributed by atoms with Crippen molar-refractivity contribution in [3.63, 3.8) is 0 Å². The smallest absolute Gasteiger partial charge is 0.223 e. The average molecular weight is 578 g/mol. The summed E-state index contributed by atoms with van der Waals surface area (Å²) in [6.45, 7) is 9.26. The number of ether oxygens (including phenoxy) is 1. The van der Waals surface area contributed by atoms with Crippen LogP contribution >= 0.6 is 11.3 Å². The molecule has 2 fully saturated rings. The van der Waals surface area contributed by atoms with E-state index < -0.39 is 0 Å². The normalized spacial score (nSPS) is 19.4. The van der Waals surface area contributed by atoms with Crippen molar-refractivity contribution in [2.75, 3.05) is 6.61 Å². The Morgan fingerprint density at radius 1 is 1.15 bits per heavy atom. The Morgan fingerprint density at radius 3 is 2.61 bits per heavy atom. The standard InChI is InChI=1S/C34H47N3O3S/c1-5-27(6-2)37-30-13-12-24(18-29(30)36-32(37)20-28-11-10-16-41-28)31(38)19-25(17-23(3)4)33(39)35-26-21-34(40-22-26)14-8-7-9-15-34/h10-13,16,18,23,25-27H,5-9,14-15,17,19-22H2,1-4H3,(H,35,39)/t25-,26?/m1/s1. The largest absolute Gasteiger partial charge is 0.373 e. The van der Waals surface area contributed by atoms with Crippen molar-refractivity contribution in [1.29, 1.82) is 0 Å². The highest BCUT2D eigenvalue weighted by atomic mass is 32.1. The number of ketones is 1. The Bertz CT molecular complexity index is 1320. The molecule has 41 heavy (non-hydrogen) atoms. The zero-order valence-corrected chi connectivity index (χ0v) is 26.1. The summed E-state index contributed by atoms with van der Waals surface area (Å²) in [7, 11) is 0. The number of rotatable bonds is 12. The lowest BCUT2D eigenvalue weighted by atomic mass is 9.82. The number of aromatic nitrogens is 2. The molecule has 3 aromatic rings.